The number of hydrogen-bond acceptors (Lipinski definition) is 7. The number of carbonyl (C=O) groups is 3. The second-order valence-electron chi connectivity index (χ2n) is 6.83. The first kappa shape index (κ1) is 19.8. The van der Waals surface area contributed by atoms with Crippen LogP contribution in [-0.4, -0.2) is 39.8 Å². The number of nitrogens with one attached hydrogen (secondary N) is 1. The summed E-state index contributed by atoms with van der Waals surface area (Å²) >= 11 is 1.42. The van der Waals surface area contributed by atoms with Crippen molar-refractivity contribution in [3.05, 3.63) is 70.2 Å². The summed E-state index contributed by atoms with van der Waals surface area (Å²) in [7, 11) is 1.43. The van der Waals surface area contributed by atoms with Crippen LogP contribution in [0.1, 0.15) is 48.1 Å². The van der Waals surface area contributed by atoms with Gasteiger partial charge in [-0.15, -0.1) is 11.8 Å². The summed E-state index contributed by atoms with van der Waals surface area (Å²) in [6.45, 7) is 3.72. The van der Waals surface area contributed by atoms with Gasteiger partial charge in [0.15, 0.2) is 0 Å². The quantitative estimate of drug-likeness (QED) is 0.496. The lowest BCUT2D eigenvalue weighted by molar-refractivity contribution is 0.0692. The number of amides is 3. The molecule has 0 saturated carbocycles. The van der Waals surface area contributed by atoms with Crippen LogP contribution >= 0.6 is 11.8 Å². The average molecular weight is 422 g/mol. The number of pyridine rings is 1. The highest BCUT2D eigenvalue weighted by Crippen LogP contribution is 2.29. The van der Waals surface area contributed by atoms with Crippen molar-refractivity contribution in [2.45, 2.75) is 24.6 Å². The number of aromatic nitrogens is 2. The molecular weight excluding hydrogens is 404 g/mol. The van der Waals surface area contributed by atoms with Gasteiger partial charge in [0.2, 0.25) is 0 Å². The van der Waals surface area contributed by atoms with E-state index in [0.717, 1.165) is 21.9 Å². The molecule has 3 aromatic rings. The van der Waals surface area contributed by atoms with E-state index in [-0.39, 0.29) is 23.3 Å². The SMILES string of the molecule is Cc1noc(C)c1CSc1ncccc1C(=O)Nc1ccc2c(c1)C(=O)N(C)C2=O. The zero-order chi connectivity index (χ0) is 21.4. The molecule has 0 fully saturated rings. The molecule has 30 heavy (non-hydrogen) atoms. The Hall–Kier alpha value is -3.46. The van der Waals surface area contributed by atoms with Crippen LogP contribution in [0.3, 0.4) is 0 Å². The highest BCUT2D eigenvalue weighted by Gasteiger charge is 2.32. The normalized spacial score (nSPS) is 13.0. The van der Waals surface area contributed by atoms with Crippen molar-refractivity contribution >= 4 is 35.2 Å². The highest BCUT2D eigenvalue weighted by atomic mass is 32.2. The first-order chi connectivity index (χ1) is 14.4. The monoisotopic (exact) mass is 422 g/mol. The Bertz CT molecular complexity index is 1170. The molecular formula is C21H18N4O4S. The van der Waals surface area contributed by atoms with Gasteiger partial charge >= 0.3 is 0 Å². The maximum absolute atomic E-state index is 12.9. The zero-order valence-corrected chi connectivity index (χ0v) is 17.4. The minimum Gasteiger partial charge on any atom is -0.361 e. The summed E-state index contributed by atoms with van der Waals surface area (Å²) in [4.78, 5) is 42.5. The van der Waals surface area contributed by atoms with E-state index in [9.17, 15) is 14.4 Å². The molecule has 9 heteroatoms. The molecule has 0 unspecified atom stereocenters. The van der Waals surface area contributed by atoms with Crippen LogP contribution < -0.4 is 5.32 Å². The molecule has 4 rings (SSSR count). The van der Waals surface area contributed by atoms with Gasteiger partial charge in [0.05, 0.1) is 22.4 Å². The minimum absolute atomic E-state index is 0.277. The molecule has 1 aliphatic rings. The van der Waals surface area contributed by atoms with Gasteiger partial charge < -0.3 is 9.84 Å². The van der Waals surface area contributed by atoms with E-state index in [1.165, 1.54) is 24.9 Å². The fourth-order valence-corrected chi connectivity index (χ4v) is 4.31. The van der Waals surface area contributed by atoms with E-state index in [0.29, 0.717) is 27.6 Å². The smallest absolute Gasteiger partial charge is 0.261 e. The number of hydrogen-bond donors (Lipinski definition) is 1. The fraction of sp³-hybridized carbons (Fsp3) is 0.190. The molecule has 1 aromatic carbocycles. The summed E-state index contributed by atoms with van der Waals surface area (Å²) < 4.78 is 5.18. The Morgan fingerprint density at radius 2 is 1.93 bits per heavy atom. The average Bonchev–Trinajstić information content (AvgIpc) is 3.17. The van der Waals surface area contributed by atoms with Crippen LogP contribution in [0.15, 0.2) is 46.1 Å². The Labute approximate surface area is 176 Å². The van der Waals surface area contributed by atoms with Crippen molar-refractivity contribution in [1.29, 1.82) is 0 Å². The number of fused-ring (bicyclic) bond motifs is 1. The lowest BCUT2D eigenvalue weighted by Crippen LogP contribution is -2.24. The van der Waals surface area contributed by atoms with E-state index in [1.807, 2.05) is 13.8 Å². The maximum Gasteiger partial charge on any atom is 0.261 e. The lowest BCUT2D eigenvalue weighted by atomic mass is 10.1. The van der Waals surface area contributed by atoms with Crippen molar-refractivity contribution in [1.82, 2.24) is 15.0 Å². The van der Waals surface area contributed by atoms with Gasteiger partial charge in [-0.1, -0.05) is 5.16 Å². The summed E-state index contributed by atoms with van der Waals surface area (Å²) in [6, 6.07) is 8.05. The van der Waals surface area contributed by atoms with Crippen molar-refractivity contribution in [3.8, 4) is 0 Å². The maximum atomic E-state index is 12.9. The molecule has 8 nitrogen and oxygen atoms in total. The Kier molecular flexibility index (Phi) is 5.13. The number of imide groups is 1. The fourth-order valence-electron chi connectivity index (χ4n) is 3.16. The summed E-state index contributed by atoms with van der Waals surface area (Å²) in [5, 5.41) is 7.30. The van der Waals surface area contributed by atoms with Crippen LogP contribution in [0.25, 0.3) is 0 Å². The third-order valence-corrected chi connectivity index (χ3v) is 5.93. The molecule has 0 bridgehead atoms. The zero-order valence-electron chi connectivity index (χ0n) is 16.6. The predicted octanol–water partition coefficient (Wildman–Crippen LogP) is 3.46. The molecule has 3 amide bonds. The van der Waals surface area contributed by atoms with Crippen LogP contribution in [-0.2, 0) is 5.75 Å². The Morgan fingerprint density at radius 3 is 2.67 bits per heavy atom. The van der Waals surface area contributed by atoms with Crippen molar-refractivity contribution in [3.63, 3.8) is 0 Å². The van der Waals surface area contributed by atoms with E-state index < -0.39 is 0 Å². The molecule has 0 atom stereocenters. The number of carbonyl (C=O) groups excluding carboxylic acids is 3. The van der Waals surface area contributed by atoms with Crippen molar-refractivity contribution in [2.24, 2.45) is 0 Å². The molecule has 0 saturated heterocycles. The van der Waals surface area contributed by atoms with Crippen LogP contribution in [0, 0.1) is 13.8 Å². The molecule has 152 valence electrons. The summed E-state index contributed by atoms with van der Waals surface area (Å²) in [5.74, 6) is 0.222. The standard InChI is InChI=1S/C21H18N4O4S/c1-11-17(12(2)29-24-11)10-30-19-15(5-4-8-22-19)18(26)23-13-6-7-14-16(9-13)21(28)25(3)20(14)27/h4-9H,10H2,1-3H3,(H,23,26). The van der Waals surface area contributed by atoms with Crippen molar-refractivity contribution in [2.75, 3.05) is 12.4 Å². The van der Waals surface area contributed by atoms with Crippen molar-refractivity contribution < 1.29 is 18.9 Å². The molecule has 1 N–H and O–H groups in total. The van der Waals surface area contributed by atoms with Crippen LogP contribution in [0.5, 0.6) is 0 Å². The predicted molar refractivity (Wildman–Crippen MR) is 111 cm³/mol. The van der Waals surface area contributed by atoms with Gasteiger partial charge in [-0.2, -0.15) is 0 Å². The number of rotatable bonds is 5. The number of aryl methyl sites for hydroxylation is 2. The molecule has 0 aliphatic carbocycles. The molecule has 2 aromatic heterocycles. The van der Waals surface area contributed by atoms with E-state index in [1.54, 1.807) is 30.5 Å². The topological polar surface area (TPSA) is 105 Å². The minimum atomic E-state index is -0.386. The highest BCUT2D eigenvalue weighted by molar-refractivity contribution is 7.98. The van der Waals surface area contributed by atoms with E-state index >= 15 is 0 Å². The summed E-state index contributed by atoms with van der Waals surface area (Å²) in [6.07, 6.45) is 1.63. The molecule has 1 aliphatic heterocycles. The number of nitrogens with zero attached hydrogens (tertiary/aromatic N) is 3. The Balaban J connectivity index is 1.54. The third-order valence-electron chi connectivity index (χ3n) is 4.90. The van der Waals surface area contributed by atoms with Crippen LogP contribution in [0.2, 0.25) is 0 Å². The van der Waals surface area contributed by atoms with Gasteiger partial charge in [-0.05, 0) is 44.2 Å². The second kappa shape index (κ2) is 7.75. The second-order valence-corrected chi connectivity index (χ2v) is 7.80. The third kappa shape index (κ3) is 3.48. The van der Waals surface area contributed by atoms with Gasteiger partial charge in [0.1, 0.15) is 10.8 Å². The van der Waals surface area contributed by atoms with Gasteiger partial charge in [0, 0.05) is 30.2 Å². The Morgan fingerprint density at radius 1 is 1.17 bits per heavy atom. The van der Waals surface area contributed by atoms with E-state index in [2.05, 4.69) is 15.5 Å². The molecule has 0 radical (unpaired) electrons. The first-order valence-electron chi connectivity index (χ1n) is 9.14. The lowest BCUT2D eigenvalue weighted by Gasteiger charge is -2.10. The van der Waals surface area contributed by atoms with Gasteiger partial charge in [-0.25, -0.2) is 4.98 Å². The molecule has 0 spiro atoms. The van der Waals surface area contributed by atoms with Crippen LogP contribution in [0.4, 0.5) is 5.69 Å². The van der Waals surface area contributed by atoms with Gasteiger partial charge in [-0.3, -0.25) is 19.3 Å². The largest absolute Gasteiger partial charge is 0.361 e. The summed E-state index contributed by atoms with van der Waals surface area (Å²) in [5.41, 5.74) is 3.24. The number of anilines is 1. The number of thioether (sulfide) groups is 1. The first-order valence-corrected chi connectivity index (χ1v) is 10.1. The number of benzene rings is 1. The molecule has 3 heterocycles. The van der Waals surface area contributed by atoms with Gasteiger partial charge in [0.25, 0.3) is 17.7 Å². The van der Waals surface area contributed by atoms with E-state index in [4.69, 9.17) is 4.52 Å².